The van der Waals surface area contributed by atoms with Gasteiger partial charge in [0, 0.05) is 25.8 Å². The van der Waals surface area contributed by atoms with Crippen molar-refractivity contribution in [3.05, 3.63) is 29.6 Å². The van der Waals surface area contributed by atoms with E-state index in [4.69, 9.17) is 9.47 Å². The Bertz CT molecular complexity index is 746. The van der Waals surface area contributed by atoms with E-state index in [0.717, 1.165) is 6.20 Å². The van der Waals surface area contributed by atoms with E-state index < -0.39 is 23.3 Å². The number of ether oxygens (including phenoxy) is 2. The summed E-state index contributed by atoms with van der Waals surface area (Å²) in [7, 11) is 2.85. The number of amides is 1. The van der Waals surface area contributed by atoms with Gasteiger partial charge in [-0.1, -0.05) is 0 Å². The van der Waals surface area contributed by atoms with Gasteiger partial charge >= 0.3 is 6.18 Å². The summed E-state index contributed by atoms with van der Waals surface area (Å²) in [6.45, 7) is 2.04. The largest absolute Gasteiger partial charge is 0.480 e. The van der Waals surface area contributed by atoms with Crippen LogP contribution in [0.5, 0.6) is 5.88 Å². The third-order valence-electron chi connectivity index (χ3n) is 3.47. The van der Waals surface area contributed by atoms with Crippen LogP contribution in [0, 0.1) is 0 Å². The molecule has 2 aromatic rings. The molecule has 0 aromatic carbocycles. The maximum atomic E-state index is 13.5. The van der Waals surface area contributed by atoms with Gasteiger partial charge in [-0.05, 0) is 19.4 Å². The Morgan fingerprint density at radius 3 is 2.58 bits per heavy atom. The molecule has 0 aliphatic carbocycles. The SMILES string of the molecule is COCCC(C)NC(=O)c1cnn(-c2ccc(OC)nn2)c1C(F)(F)F. The first-order chi connectivity index (χ1) is 12.3. The van der Waals surface area contributed by atoms with Crippen LogP contribution < -0.4 is 10.1 Å². The summed E-state index contributed by atoms with van der Waals surface area (Å²) >= 11 is 0. The van der Waals surface area contributed by atoms with Crippen LogP contribution in [0.25, 0.3) is 5.82 Å². The minimum Gasteiger partial charge on any atom is -0.480 e. The molecule has 142 valence electrons. The number of methoxy groups -OCH3 is 2. The summed E-state index contributed by atoms with van der Waals surface area (Å²) in [6, 6.07) is 2.24. The summed E-state index contributed by atoms with van der Waals surface area (Å²) in [5, 5.41) is 13.4. The van der Waals surface area contributed by atoms with E-state index >= 15 is 0 Å². The van der Waals surface area contributed by atoms with Crippen molar-refractivity contribution in [3.63, 3.8) is 0 Å². The molecule has 0 aliphatic heterocycles. The number of carbonyl (C=O) groups excluding carboxylic acids is 1. The zero-order chi connectivity index (χ0) is 19.3. The molecular weight excluding hydrogens is 355 g/mol. The second-order valence-corrected chi connectivity index (χ2v) is 5.41. The number of rotatable bonds is 7. The third-order valence-corrected chi connectivity index (χ3v) is 3.47. The highest BCUT2D eigenvalue weighted by molar-refractivity contribution is 5.95. The summed E-state index contributed by atoms with van der Waals surface area (Å²) in [5.41, 5.74) is -1.83. The highest BCUT2D eigenvalue weighted by Gasteiger charge is 2.41. The number of aromatic nitrogens is 4. The average Bonchev–Trinajstić information content (AvgIpc) is 3.05. The molecule has 0 aliphatic rings. The molecule has 1 N–H and O–H groups in total. The molecule has 1 atom stereocenters. The van der Waals surface area contributed by atoms with E-state index in [0.29, 0.717) is 17.7 Å². The van der Waals surface area contributed by atoms with Crippen molar-refractivity contribution in [1.29, 1.82) is 0 Å². The van der Waals surface area contributed by atoms with Crippen LogP contribution in [0.3, 0.4) is 0 Å². The molecule has 0 saturated heterocycles. The minimum atomic E-state index is -4.82. The van der Waals surface area contributed by atoms with Crippen LogP contribution in [0.15, 0.2) is 18.3 Å². The number of nitrogens with zero attached hydrogens (tertiary/aromatic N) is 4. The summed E-state index contributed by atoms with van der Waals surface area (Å²) in [6.07, 6.45) is -3.50. The Balaban J connectivity index is 2.36. The Hall–Kier alpha value is -2.69. The summed E-state index contributed by atoms with van der Waals surface area (Å²) in [5.74, 6) is -0.933. The van der Waals surface area contributed by atoms with Crippen LogP contribution in [0.2, 0.25) is 0 Å². The second-order valence-electron chi connectivity index (χ2n) is 5.41. The second kappa shape index (κ2) is 8.13. The molecule has 2 rings (SSSR count). The predicted molar refractivity (Wildman–Crippen MR) is 84.1 cm³/mol. The fourth-order valence-electron chi connectivity index (χ4n) is 2.16. The Morgan fingerprint density at radius 2 is 2.04 bits per heavy atom. The summed E-state index contributed by atoms with van der Waals surface area (Å²) < 4.78 is 50.9. The number of halogens is 3. The molecule has 2 heterocycles. The lowest BCUT2D eigenvalue weighted by Crippen LogP contribution is -2.34. The Kier molecular flexibility index (Phi) is 6.14. The fraction of sp³-hybridized carbons (Fsp3) is 0.467. The van der Waals surface area contributed by atoms with E-state index in [9.17, 15) is 18.0 Å². The molecule has 1 amide bonds. The van der Waals surface area contributed by atoms with Crippen molar-refractivity contribution in [3.8, 4) is 11.7 Å². The van der Waals surface area contributed by atoms with E-state index in [1.54, 1.807) is 6.92 Å². The average molecular weight is 373 g/mol. The lowest BCUT2D eigenvalue weighted by atomic mass is 10.2. The van der Waals surface area contributed by atoms with E-state index in [1.807, 2.05) is 0 Å². The maximum Gasteiger partial charge on any atom is 0.434 e. The predicted octanol–water partition coefficient (Wildman–Crippen LogP) is 1.84. The lowest BCUT2D eigenvalue weighted by Gasteiger charge is -2.15. The van der Waals surface area contributed by atoms with E-state index in [1.165, 1.54) is 26.4 Å². The van der Waals surface area contributed by atoms with Gasteiger partial charge in [0.1, 0.15) is 0 Å². The molecule has 0 saturated carbocycles. The van der Waals surface area contributed by atoms with Crippen molar-refractivity contribution in [1.82, 2.24) is 25.3 Å². The third kappa shape index (κ3) is 4.48. The topological polar surface area (TPSA) is 91.2 Å². The van der Waals surface area contributed by atoms with Gasteiger partial charge in [0.2, 0.25) is 5.88 Å². The molecule has 8 nitrogen and oxygen atoms in total. The van der Waals surface area contributed by atoms with Gasteiger partial charge in [0.05, 0.1) is 18.9 Å². The zero-order valence-corrected chi connectivity index (χ0v) is 14.4. The normalized spacial score (nSPS) is 12.7. The molecule has 0 fully saturated rings. The van der Waals surface area contributed by atoms with E-state index in [2.05, 4.69) is 20.6 Å². The number of alkyl halides is 3. The zero-order valence-electron chi connectivity index (χ0n) is 14.4. The van der Waals surface area contributed by atoms with Gasteiger partial charge in [0.15, 0.2) is 11.5 Å². The molecule has 0 bridgehead atoms. The molecule has 2 aromatic heterocycles. The van der Waals surface area contributed by atoms with Crippen molar-refractivity contribution < 1.29 is 27.4 Å². The van der Waals surface area contributed by atoms with Gasteiger partial charge in [-0.15, -0.1) is 10.2 Å². The van der Waals surface area contributed by atoms with Crippen LogP contribution in [0.4, 0.5) is 13.2 Å². The highest BCUT2D eigenvalue weighted by atomic mass is 19.4. The van der Waals surface area contributed by atoms with Gasteiger partial charge < -0.3 is 14.8 Å². The van der Waals surface area contributed by atoms with Crippen molar-refractivity contribution in [2.75, 3.05) is 20.8 Å². The Labute approximate surface area is 147 Å². The monoisotopic (exact) mass is 373 g/mol. The minimum absolute atomic E-state index is 0.138. The first-order valence-corrected chi connectivity index (χ1v) is 7.61. The molecule has 1 unspecified atom stereocenters. The number of carbonyl (C=O) groups is 1. The van der Waals surface area contributed by atoms with Gasteiger partial charge in [-0.25, -0.2) is 4.68 Å². The highest BCUT2D eigenvalue weighted by Crippen LogP contribution is 2.33. The quantitative estimate of drug-likeness (QED) is 0.796. The molecule has 26 heavy (non-hydrogen) atoms. The van der Waals surface area contributed by atoms with E-state index in [-0.39, 0.29) is 17.7 Å². The van der Waals surface area contributed by atoms with Gasteiger partial charge in [-0.2, -0.15) is 18.3 Å². The van der Waals surface area contributed by atoms with Crippen LogP contribution in [0.1, 0.15) is 29.4 Å². The molecule has 0 radical (unpaired) electrons. The Morgan fingerprint density at radius 1 is 1.31 bits per heavy atom. The van der Waals surface area contributed by atoms with Crippen LogP contribution in [-0.2, 0) is 10.9 Å². The van der Waals surface area contributed by atoms with Crippen molar-refractivity contribution in [2.45, 2.75) is 25.6 Å². The van der Waals surface area contributed by atoms with Crippen molar-refractivity contribution >= 4 is 5.91 Å². The standard InChI is InChI=1S/C15H18F3N5O3/c1-9(6-7-25-2)20-14(24)10-8-19-23(13(10)15(16,17)18)11-4-5-12(26-3)22-21-11/h4-5,8-9H,6-7H2,1-3H3,(H,20,24). The number of hydrogen-bond donors (Lipinski definition) is 1. The van der Waals surface area contributed by atoms with Crippen LogP contribution >= 0.6 is 0 Å². The number of nitrogens with one attached hydrogen (secondary N) is 1. The first-order valence-electron chi connectivity index (χ1n) is 7.61. The lowest BCUT2D eigenvalue weighted by molar-refractivity contribution is -0.143. The number of hydrogen-bond acceptors (Lipinski definition) is 6. The van der Waals surface area contributed by atoms with Crippen molar-refractivity contribution in [2.24, 2.45) is 0 Å². The van der Waals surface area contributed by atoms with Crippen LogP contribution in [-0.4, -0.2) is 52.8 Å². The smallest absolute Gasteiger partial charge is 0.434 e. The first kappa shape index (κ1) is 19.6. The maximum absolute atomic E-state index is 13.5. The molecule has 0 spiro atoms. The fourth-order valence-corrected chi connectivity index (χ4v) is 2.16. The molecular formula is C15H18F3N5O3. The molecule has 11 heteroatoms. The van der Waals surface area contributed by atoms with Gasteiger partial charge in [0.25, 0.3) is 5.91 Å². The summed E-state index contributed by atoms with van der Waals surface area (Å²) in [4.78, 5) is 12.3. The van der Waals surface area contributed by atoms with Gasteiger partial charge in [-0.3, -0.25) is 4.79 Å².